The highest BCUT2D eigenvalue weighted by Gasteiger charge is 2.43. The van der Waals surface area contributed by atoms with Crippen molar-refractivity contribution in [3.63, 3.8) is 0 Å². The first-order chi connectivity index (χ1) is 12.6. The number of benzene rings is 1. The quantitative estimate of drug-likeness (QED) is 0.784. The lowest BCUT2D eigenvalue weighted by molar-refractivity contribution is -0.132. The molecule has 0 N–H and O–H groups in total. The number of hydrogen-bond acceptors (Lipinski definition) is 3. The minimum atomic E-state index is 0.253. The summed E-state index contributed by atoms with van der Waals surface area (Å²) in [4.78, 5) is 14.6. The smallest absolute Gasteiger partial charge is 0.226 e. The Kier molecular flexibility index (Phi) is 5.32. The van der Waals surface area contributed by atoms with Crippen LogP contribution >= 0.6 is 0 Å². The number of ether oxygens (including phenoxy) is 2. The maximum absolute atomic E-state index is 12.6. The normalized spacial score (nSPS) is 25.0. The van der Waals surface area contributed by atoms with Gasteiger partial charge in [-0.1, -0.05) is 29.8 Å². The highest BCUT2D eigenvalue weighted by molar-refractivity contribution is 5.78. The van der Waals surface area contributed by atoms with E-state index >= 15 is 0 Å². The molecule has 1 saturated carbocycles. The fourth-order valence-corrected chi connectivity index (χ4v) is 4.22. The highest BCUT2D eigenvalue weighted by atomic mass is 16.5. The van der Waals surface area contributed by atoms with Gasteiger partial charge in [-0.3, -0.25) is 4.79 Å². The van der Waals surface area contributed by atoms with Gasteiger partial charge in [0.25, 0.3) is 0 Å². The average molecular weight is 357 g/mol. The summed E-state index contributed by atoms with van der Waals surface area (Å²) in [7, 11) is 0. The zero-order chi connectivity index (χ0) is 18.0. The van der Waals surface area contributed by atoms with Crippen LogP contribution in [-0.2, 0) is 20.7 Å². The lowest BCUT2D eigenvalue weighted by atomic mass is 9.76. The van der Waals surface area contributed by atoms with E-state index in [1.54, 1.807) is 0 Å². The molecular formula is C22H31NO3. The third-order valence-electron chi connectivity index (χ3n) is 6.29. The van der Waals surface area contributed by atoms with Gasteiger partial charge < -0.3 is 14.4 Å². The van der Waals surface area contributed by atoms with Gasteiger partial charge in [-0.25, -0.2) is 0 Å². The zero-order valence-corrected chi connectivity index (χ0v) is 15.9. The van der Waals surface area contributed by atoms with Gasteiger partial charge in [0.15, 0.2) is 0 Å². The molecule has 0 bridgehead atoms. The molecule has 1 spiro atoms. The van der Waals surface area contributed by atoms with Crippen LogP contribution in [0.4, 0.5) is 0 Å². The van der Waals surface area contributed by atoms with Gasteiger partial charge in [0.05, 0.1) is 25.7 Å². The Morgan fingerprint density at radius 2 is 1.92 bits per heavy atom. The van der Waals surface area contributed by atoms with E-state index in [1.807, 2.05) is 4.90 Å². The molecule has 1 aromatic rings. The van der Waals surface area contributed by atoms with Crippen molar-refractivity contribution in [1.29, 1.82) is 0 Å². The predicted octanol–water partition coefficient (Wildman–Crippen LogP) is 3.36. The molecule has 26 heavy (non-hydrogen) atoms. The number of likely N-dealkylation sites (tertiary alicyclic amines) is 1. The Labute approximate surface area is 156 Å². The number of aryl methyl sites for hydroxylation is 1. The van der Waals surface area contributed by atoms with Crippen LogP contribution in [0.2, 0.25) is 0 Å². The van der Waals surface area contributed by atoms with Crippen LogP contribution in [0.1, 0.15) is 43.2 Å². The van der Waals surface area contributed by atoms with Crippen LogP contribution in [0.15, 0.2) is 24.3 Å². The minimum absolute atomic E-state index is 0.253. The maximum atomic E-state index is 12.6. The lowest BCUT2D eigenvalue weighted by Gasteiger charge is -2.38. The van der Waals surface area contributed by atoms with E-state index in [0.29, 0.717) is 6.42 Å². The maximum Gasteiger partial charge on any atom is 0.226 e. The summed E-state index contributed by atoms with van der Waals surface area (Å²) in [5, 5.41) is 0. The van der Waals surface area contributed by atoms with Gasteiger partial charge in [0.1, 0.15) is 0 Å². The van der Waals surface area contributed by atoms with E-state index in [9.17, 15) is 4.79 Å². The van der Waals surface area contributed by atoms with Crippen molar-refractivity contribution in [1.82, 2.24) is 4.90 Å². The third kappa shape index (κ3) is 4.47. The summed E-state index contributed by atoms with van der Waals surface area (Å²) in [5.74, 6) is 1.07. The van der Waals surface area contributed by atoms with Gasteiger partial charge in [-0.2, -0.15) is 0 Å². The molecule has 1 amide bonds. The second-order valence-corrected chi connectivity index (χ2v) is 8.66. The van der Waals surface area contributed by atoms with Crippen molar-refractivity contribution in [2.75, 3.05) is 32.9 Å². The molecule has 1 atom stereocenters. The molecular weight excluding hydrogens is 326 g/mol. The molecule has 2 heterocycles. The van der Waals surface area contributed by atoms with E-state index in [1.165, 1.54) is 18.4 Å². The number of carbonyl (C=O) groups excluding carboxylic acids is 1. The molecule has 2 saturated heterocycles. The lowest BCUT2D eigenvalue weighted by Crippen LogP contribution is -2.44. The Hall–Kier alpha value is -1.39. The van der Waals surface area contributed by atoms with Gasteiger partial charge in [-0.05, 0) is 55.9 Å². The highest BCUT2D eigenvalue weighted by Crippen LogP contribution is 2.42. The number of carbonyl (C=O) groups is 1. The minimum Gasteiger partial charge on any atom is -0.378 e. The molecule has 1 unspecified atom stereocenters. The van der Waals surface area contributed by atoms with Crippen molar-refractivity contribution in [2.24, 2.45) is 11.3 Å². The Balaban J connectivity index is 1.22. The second-order valence-electron chi connectivity index (χ2n) is 8.66. The van der Waals surface area contributed by atoms with E-state index in [2.05, 4.69) is 31.2 Å². The van der Waals surface area contributed by atoms with Crippen LogP contribution in [0, 0.1) is 18.3 Å². The summed E-state index contributed by atoms with van der Waals surface area (Å²) in [5.41, 5.74) is 2.62. The van der Waals surface area contributed by atoms with E-state index in [-0.39, 0.29) is 17.4 Å². The molecule has 4 heteroatoms. The average Bonchev–Trinajstić information content (AvgIpc) is 3.39. The second kappa shape index (κ2) is 7.69. The third-order valence-corrected chi connectivity index (χ3v) is 6.29. The van der Waals surface area contributed by atoms with Gasteiger partial charge in [-0.15, -0.1) is 0 Å². The van der Waals surface area contributed by atoms with Crippen molar-refractivity contribution in [2.45, 2.75) is 51.6 Å². The van der Waals surface area contributed by atoms with E-state index in [0.717, 1.165) is 63.7 Å². The standard InChI is InChI=1S/C22H31NO3/c1-17-2-4-18(5-3-17)12-21(24)23-10-8-22(9-11-23)13-20(26-16-22)15-25-14-19-6-7-19/h2-5,19-20H,6-16H2,1H3. The molecule has 1 aromatic carbocycles. The van der Waals surface area contributed by atoms with Crippen molar-refractivity contribution < 1.29 is 14.3 Å². The molecule has 4 nitrogen and oxygen atoms in total. The van der Waals surface area contributed by atoms with Crippen molar-refractivity contribution in [3.05, 3.63) is 35.4 Å². The fraction of sp³-hybridized carbons (Fsp3) is 0.682. The van der Waals surface area contributed by atoms with E-state index < -0.39 is 0 Å². The zero-order valence-electron chi connectivity index (χ0n) is 15.9. The van der Waals surface area contributed by atoms with Gasteiger partial charge in [0, 0.05) is 19.7 Å². The van der Waals surface area contributed by atoms with Crippen LogP contribution in [0.25, 0.3) is 0 Å². The summed E-state index contributed by atoms with van der Waals surface area (Å²) in [6.45, 7) is 6.30. The number of amides is 1. The summed E-state index contributed by atoms with van der Waals surface area (Å²) in [6.07, 6.45) is 6.66. The molecule has 0 aromatic heterocycles. The molecule has 4 rings (SSSR count). The number of nitrogens with zero attached hydrogens (tertiary/aromatic N) is 1. The van der Waals surface area contributed by atoms with Crippen molar-refractivity contribution in [3.8, 4) is 0 Å². The first-order valence-corrected chi connectivity index (χ1v) is 10.1. The number of piperidine rings is 1. The Bertz CT molecular complexity index is 615. The van der Waals surface area contributed by atoms with Crippen LogP contribution in [-0.4, -0.2) is 49.8 Å². The van der Waals surface area contributed by atoms with Crippen LogP contribution < -0.4 is 0 Å². The monoisotopic (exact) mass is 357 g/mol. The fourth-order valence-electron chi connectivity index (χ4n) is 4.22. The molecule has 1 aliphatic carbocycles. The molecule has 142 valence electrons. The van der Waals surface area contributed by atoms with E-state index in [4.69, 9.17) is 9.47 Å². The number of hydrogen-bond donors (Lipinski definition) is 0. The van der Waals surface area contributed by atoms with Crippen molar-refractivity contribution >= 4 is 5.91 Å². The first-order valence-electron chi connectivity index (χ1n) is 10.1. The summed E-state index contributed by atoms with van der Waals surface area (Å²) in [6, 6.07) is 8.29. The molecule has 3 fully saturated rings. The van der Waals surface area contributed by atoms with Crippen LogP contribution in [0.5, 0.6) is 0 Å². The Morgan fingerprint density at radius 1 is 1.19 bits per heavy atom. The van der Waals surface area contributed by atoms with Gasteiger partial charge in [0.2, 0.25) is 5.91 Å². The van der Waals surface area contributed by atoms with Gasteiger partial charge >= 0.3 is 0 Å². The van der Waals surface area contributed by atoms with Crippen LogP contribution in [0.3, 0.4) is 0 Å². The predicted molar refractivity (Wildman–Crippen MR) is 101 cm³/mol. The summed E-state index contributed by atoms with van der Waals surface area (Å²) >= 11 is 0. The summed E-state index contributed by atoms with van der Waals surface area (Å²) < 4.78 is 11.8. The SMILES string of the molecule is Cc1ccc(CC(=O)N2CCC3(CC2)COC(COCC2CC2)C3)cc1. The topological polar surface area (TPSA) is 38.8 Å². The Morgan fingerprint density at radius 3 is 2.62 bits per heavy atom. The molecule has 2 aliphatic heterocycles. The number of rotatable bonds is 6. The molecule has 3 aliphatic rings. The molecule has 0 radical (unpaired) electrons. The largest absolute Gasteiger partial charge is 0.378 e. The first kappa shape index (κ1) is 18.0.